The fourth-order valence-electron chi connectivity index (χ4n) is 3.13. The van der Waals surface area contributed by atoms with Gasteiger partial charge in [-0.3, -0.25) is 4.99 Å². The van der Waals surface area contributed by atoms with Gasteiger partial charge in [-0.1, -0.05) is 6.07 Å². The monoisotopic (exact) mass is 402 g/mol. The highest BCUT2D eigenvalue weighted by molar-refractivity contribution is 8.14. The van der Waals surface area contributed by atoms with Crippen LogP contribution in [0.15, 0.2) is 53.5 Å². The van der Waals surface area contributed by atoms with Gasteiger partial charge in [0.1, 0.15) is 29.0 Å². The number of hydrogen-bond acceptors (Lipinski definition) is 4. The lowest BCUT2D eigenvalue weighted by Gasteiger charge is -2.19. The summed E-state index contributed by atoms with van der Waals surface area (Å²) >= 11 is 1.31. The van der Waals surface area contributed by atoms with Gasteiger partial charge in [0.05, 0.1) is 0 Å². The minimum absolute atomic E-state index is 0.0705. The van der Waals surface area contributed by atoms with Crippen LogP contribution in [0.1, 0.15) is 5.69 Å². The summed E-state index contributed by atoms with van der Waals surface area (Å²) in [6.45, 7) is 0.0705. The molecule has 1 aromatic heterocycles. The summed E-state index contributed by atoms with van der Waals surface area (Å²) in [5.41, 5.74) is -0.0514. The Bertz CT molecular complexity index is 1080. The van der Waals surface area contributed by atoms with Crippen LogP contribution in [-0.2, 0) is 11.2 Å². The number of nitrogens with zero attached hydrogens (tertiary/aromatic N) is 1. The lowest BCUT2D eigenvalue weighted by Crippen LogP contribution is -2.39. The predicted octanol–water partition coefficient (Wildman–Crippen LogP) is 4.04. The van der Waals surface area contributed by atoms with Gasteiger partial charge in [-0.15, -0.1) is 11.8 Å². The Labute approximate surface area is 163 Å². The van der Waals surface area contributed by atoms with Crippen molar-refractivity contribution in [3.63, 3.8) is 0 Å². The van der Waals surface area contributed by atoms with E-state index in [-0.39, 0.29) is 24.6 Å². The largest absolute Gasteiger partial charge is 0.487 e. The Morgan fingerprint density at radius 1 is 1.21 bits per heavy atom. The smallest absolute Gasteiger partial charge is 0.332 e. The number of hydrogen-bond donors (Lipinski definition) is 2. The Morgan fingerprint density at radius 3 is 2.82 bits per heavy atom. The molecule has 0 aliphatic carbocycles. The third-order valence-corrected chi connectivity index (χ3v) is 5.66. The molecule has 1 atom stereocenters. The first-order valence-electron chi connectivity index (χ1n) is 8.54. The Balaban J connectivity index is 1.53. The molecule has 2 aromatic carbocycles. The van der Waals surface area contributed by atoms with Crippen LogP contribution in [0.2, 0.25) is 0 Å². The molecule has 28 heavy (non-hydrogen) atoms. The van der Waals surface area contributed by atoms with Crippen LogP contribution in [-0.4, -0.2) is 39.0 Å². The Kier molecular flexibility index (Phi) is 4.80. The van der Waals surface area contributed by atoms with E-state index in [1.54, 1.807) is 18.2 Å². The second-order valence-corrected chi connectivity index (χ2v) is 7.63. The first-order chi connectivity index (χ1) is 13.4. The van der Waals surface area contributed by atoms with Gasteiger partial charge in [-0.05, 0) is 41.8 Å². The average molecular weight is 402 g/mol. The number of nitrogens with one attached hydrogen (secondary N) is 1. The summed E-state index contributed by atoms with van der Waals surface area (Å²) in [5, 5.41) is 11.1. The number of benzene rings is 2. The van der Waals surface area contributed by atoms with Crippen molar-refractivity contribution in [1.82, 2.24) is 4.98 Å². The summed E-state index contributed by atoms with van der Waals surface area (Å²) in [6.07, 6.45) is 0.148. The van der Waals surface area contributed by atoms with Gasteiger partial charge in [-0.2, -0.15) is 0 Å². The molecular formula is C20H16F2N2O3S. The van der Waals surface area contributed by atoms with Crippen molar-refractivity contribution in [1.29, 1.82) is 0 Å². The van der Waals surface area contributed by atoms with E-state index in [4.69, 9.17) is 4.74 Å². The van der Waals surface area contributed by atoms with Crippen LogP contribution < -0.4 is 4.74 Å². The highest BCUT2D eigenvalue weighted by atomic mass is 32.2. The topological polar surface area (TPSA) is 74.7 Å². The number of aromatic nitrogens is 1. The van der Waals surface area contributed by atoms with E-state index < -0.39 is 17.3 Å². The summed E-state index contributed by atoms with van der Waals surface area (Å²) < 4.78 is 32.1. The summed E-state index contributed by atoms with van der Waals surface area (Å²) in [4.78, 5) is 19.5. The molecule has 0 bridgehead atoms. The van der Waals surface area contributed by atoms with E-state index >= 15 is 0 Å². The van der Waals surface area contributed by atoms with E-state index in [0.29, 0.717) is 22.0 Å². The maximum absolute atomic E-state index is 13.4. The Morgan fingerprint density at radius 2 is 2.04 bits per heavy atom. The van der Waals surface area contributed by atoms with Crippen LogP contribution in [0.4, 0.5) is 8.78 Å². The molecule has 1 unspecified atom stereocenters. The molecule has 2 heterocycles. The van der Waals surface area contributed by atoms with Crippen molar-refractivity contribution >= 4 is 33.7 Å². The molecule has 1 aliphatic heterocycles. The highest BCUT2D eigenvalue weighted by Crippen LogP contribution is 2.33. The highest BCUT2D eigenvalue weighted by Gasteiger charge is 2.43. The number of aliphatic carboxylic acids is 1. The number of carboxylic acids is 1. The van der Waals surface area contributed by atoms with Gasteiger partial charge >= 0.3 is 5.97 Å². The van der Waals surface area contributed by atoms with E-state index in [0.717, 1.165) is 5.39 Å². The van der Waals surface area contributed by atoms with Crippen molar-refractivity contribution in [2.45, 2.75) is 12.0 Å². The molecule has 0 spiro atoms. The van der Waals surface area contributed by atoms with Crippen LogP contribution in [0.25, 0.3) is 10.9 Å². The maximum Gasteiger partial charge on any atom is 0.332 e. The van der Waals surface area contributed by atoms with Crippen molar-refractivity contribution in [2.24, 2.45) is 4.99 Å². The number of carbonyl (C=O) groups is 1. The van der Waals surface area contributed by atoms with Crippen LogP contribution in [0, 0.1) is 11.6 Å². The lowest BCUT2D eigenvalue weighted by molar-refractivity contribution is -0.142. The molecular weight excluding hydrogens is 386 g/mol. The number of ether oxygens (including phenoxy) is 1. The van der Waals surface area contributed by atoms with Crippen molar-refractivity contribution in [3.8, 4) is 5.75 Å². The van der Waals surface area contributed by atoms with E-state index in [1.807, 2.05) is 0 Å². The number of aliphatic imine (C=N–C) groups is 1. The van der Waals surface area contributed by atoms with Gasteiger partial charge in [0.2, 0.25) is 0 Å². The summed E-state index contributed by atoms with van der Waals surface area (Å²) in [5.74, 6) is -1.19. The van der Waals surface area contributed by atoms with Crippen molar-refractivity contribution in [3.05, 3.63) is 65.9 Å². The van der Waals surface area contributed by atoms with E-state index in [2.05, 4.69) is 9.98 Å². The molecule has 3 aromatic rings. The van der Waals surface area contributed by atoms with Crippen molar-refractivity contribution < 1.29 is 23.4 Å². The molecule has 8 heteroatoms. The van der Waals surface area contributed by atoms with Gasteiger partial charge in [0.15, 0.2) is 5.54 Å². The van der Waals surface area contributed by atoms with Crippen LogP contribution >= 0.6 is 11.8 Å². The quantitative estimate of drug-likeness (QED) is 0.653. The lowest BCUT2D eigenvalue weighted by atomic mass is 9.96. The first kappa shape index (κ1) is 18.5. The molecule has 0 radical (unpaired) electrons. The van der Waals surface area contributed by atoms with Crippen LogP contribution in [0.5, 0.6) is 5.75 Å². The van der Waals surface area contributed by atoms with Gasteiger partial charge in [0, 0.05) is 29.5 Å². The fourth-order valence-corrected chi connectivity index (χ4v) is 4.20. The molecule has 0 saturated carbocycles. The zero-order chi connectivity index (χ0) is 19.7. The zero-order valence-corrected chi connectivity index (χ0v) is 15.4. The number of aromatic amines is 1. The molecule has 5 nitrogen and oxygen atoms in total. The third kappa shape index (κ3) is 3.73. The molecule has 0 fully saturated rings. The predicted molar refractivity (Wildman–Crippen MR) is 104 cm³/mol. The molecule has 2 N–H and O–H groups in total. The number of halogens is 2. The summed E-state index contributed by atoms with van der Waals surface area (Å²) in [7, 11) is 0. The third-order valence-electron chi connectivity index (χ3n) is 4.50. The van der Waals surface area contributed by atoms with Crippen LogP contribution in [0.3, 0.4) is 0 Å². The second-order valence-electron chi connectivity index (χ2n) is 6.58. The van der Waals surface area contributed by atoms with Gasteiger partial charge in [0.25, 0.3) is 0 Å². The van der Waals surface area contributed by atoms with Gasteiger partial charge < -0.3 is 14.8 Å². The van der Waals surface area contributed by atoms with Crippen molar-refractivity contribution in [2.75, 3.05) is 12.4 Å². The molecule has 0 amide bonds. The molecule has 144 valence electrons. The normalized spacial score (nSPS) is 19.0. The number of carboxylic acid groups (broad SMARTS) is 1. The fraction of sp³-hybridized carbons (Fsp3) is 0.200. The average Bonchev–Trinajstić information content (AvgIpc) is 3.24. The molecule has 4 rings (SSSR count). The van der Waals surface area contributed by atoms with E-state index in [1.165, 1.54) is 42.1 Å². The molecule has 0 saturated heterocycles. The number of H-pyrrole nitrogens is 1. The number of thioether (sulfide) groups is 1. The minimum atomic E-state index is -1.33. The second kappa shape index (κ2) is 7.27. The molecule has 1 aliphatic rings. The number of fused-ring (bicyclic) bond motifs is 1. The maximum atomic E-state index is 13.4. The van der Waals surface area contributed by atoms with E-state index in [9.17, 15) is 18.7 Å². The first-order valence-corrected chi connectivity index (χ1v) is 9.53. The Hall–Kier alpha value is -2.87. The minimum Gasteiger partial charge on any atom is -0.487 e. The number of rotatable bonds is 6. The summed E-state index contributed by atoms with van der Waals surface area (Å²) in [6, 6.07) is 11.9. The van der Waals surface area contributed by atoms with Gasteiger partial charge in [-0.25, -0.2) is 13.6 Å². The zero-order valence-electron chi connectivity index (χ0n) is 14.6. The standard InChI is InChI=1S/C20H16F2N2O3S/c21-13-2-1-3-16(7-13)27-10-18-24-20(11-28-18,19(25)26)9-15-6-12-4-5-14(22)8-17(12)23-15/h1-8,23H,9-11H2,(H,25,26). The SMILES string of the molecule is O=C(O)C1(Cc2cc3ccc(F)cc3[nH]2)CSC(COc2cccc(F)c2)=N1.